The van der Waals surface area contributed by atoms with Crippen molar-refractivity contribution >= 4 is 5.91 Å². The highest BCUT2D eigenvalue weighted by Crippen LogP contribution is 2.33. The van der Waals surface area contributed by atoms with Gasteiger partial charge in [-0.3, -0.25) is 14.9 Å². The summed E-state index contributed by atoms with van der Waals surface area (Å²) < 4.78 is 0. The maximum atomic E-state index is 11.7. The Morgan fingerprint density at radius 1 is 1.33 bits per heavy atom. The number of hydrogen-bond acceptors (Lipinski definition) is 4. The monoisotopic (exact) mass is 256 g/mol. The number of nitrogens with one attached hydrogen (secondary N) is 1. The third-order valence-electron chi connectivity index (χ3n) is 3.99. The van der Waals surface area contributed by atoms with E-state index in [2.05, 4.69) is 5.32 Å². The molecular formula is C12H20N2O4. The standard InChI is InChI=1S/C12H20N2O4/c15-11(9-7-10(9)14(17)18)13-8-12(16)5-3-1-2-4-6-12/h9-10,16H,1-8H2,(H,13,15)/t9-,10+/m0/s1. The van der Waals surface area contributed by atoms with Crippen LogP contribution in [0.5, 0.6) is 0 Å². The first-order chi connectivity index (χ1) is 8.52. The molecule has 0 saturated heterocycles. The molecule has 2 N–H and O–H groups in total. The normalized spacial score (nSPS) is 30.3. The lowest BCUT2D eigenvalue weighted by Crippen LogP contribution is -2.43. The summed E-state index contributed by atoms with van der Waals surface area (Å²) in [6.45, 7) is 0.229. The SMILES string of the molecule is O=C(NCC1(O)CCCCCC1)[C@H]1C[C@H]1[N+](=O)[O-]. The van der Waals surface area contributed by atoms with Gasteiger partial charge in [-0.25, -0.2) is 0 Å². The van der Waals surface area contributed by atoms with Gasteiger partial charge >= 0.3 is 0 Å². The molecule has 0 bridgehead atoms. The second-order valence-electron chi connectivity index (χ2n) is 5.55. The minimum Gasteiger partial charge on any atom is -0.388 e. The maximum absolute atomic E-state index is 11.7. The fraction of sp³-hybridized carbons (Fsp3) is 0.917. The Morgan fingerprint density at radius 2 is 1.94 bits per heavy atom. The van der Waals surface area contributed by atoms with Crippen LogP contribution < -0.4 is 5.32 Å². The molecule has 102 valence electrons. The van der Waals surface area contributed by atoms with E-state index in [1.807, 2.05) is 0 Å². The van der Waals surface area contributed by atoms with E-state index in [0.29, 0.717) is 19.3 Å². The molecule has 0 aromatic heterocycles. The topological polar surface area (TPSA) is 92.5 Å². The number of nitrogens with zero attached hydrogens (tertiary/aromatic N) is 1. The Morgan fingerprint density at radius 3 is 2.44 bits per heavy atom. The summed E-state index contributed by atoms with van der Waals surface area (Å²) in [6, 6.07) is -0.714. The number of nitro groups is 1. The average Bonchev–Trinajstić information content (AvgIpc) is 3.10. The van der Waals surface area contributed by atoms with Crippen molar-refractivity contribution in [1.82, 2.24) is 5.32 Å². The molecule has 0 radical (unpaired) electrons. The first-order valence-corrected chi connectivity index (χ1v) is 6.65. The molecule has 1 amide bonds. The van der Waals surface area contributed by atoms with Crippen molar-refractivity contribution in [2.75, 3.05) is 6.54 Å². The zero-order valence-corrected chi connectivity index (χ0v) is 10.4. The third-order valence-corrected chi connectivity index (χ3v) is 3.99. The highest BCUT2D eigenvalue weighted by molar-refractivity contribution is 5.82. The van der Waals surface area contributed by atoms with E-state index < -0.39 is 22.5 Å². The summed E-state index contributed by atoms with van der Waals surface area (Å²) in [6.07, 6.45) is 5.95. The van der Waals surface area contributed by atoms with Gasteiger partial charge in [0.2, 0.25) is 11.9 Å². The van der Waals surface area contributed by atoms with Gasteiger partial charge < -0.3 is 10.4 Å². The van der Waals surface area contributed by atoms with E-state index in [0.717, 1.165) is 25.7 Å². The van der Waals surface area contributed by atoms with Crippen LogP contribution in [-0.4, -0.2) is 34.1 Å². The van der Waals surface area contributed by atoms with Crippen LogP contribution in [-0.2, 0) is 4.79 Å². The lowest BCUT2D eigenvalue weighted by atomic mass is 9.94. The first-order valence-electron chi connectivity index (χ1n) is 6.65. The summed E-state index contributed by atoms with van der Waals surface area (Å²) in [5.74, 6) is -0.774. The molecule has 2 rings (SSSR count). The van der Waals surface area contributed by atoms with E-state index in [1.165, 1.54) is 0 Å². The lowest BCUT2D eigenvalue weighted by molar-refractivity contribution is -0.497. The van der Waals surface area contributed by atoms with Gasteiger partial charge in [0.05, 0.1) is 5.60 Å². The Hall–Kier alpha value is -1.17. The molecule has 2 aliphatic rings. The number of rotatable bonds is 4. The van der Waals surface area contributed by atoms with Crippen LogP contribution in [0.4, 0.5) is 0 Å². The smallest absolute Gasteiger partial charge is 0.230 e. The van der Waals surface area contributed by atoms with Crippen LogP contribution in [0, 0.1) is 16.0 Å². The van der Waals surface area contributed by atoms with Crippen LogP contribution in [0.25, 0.3) is 0 Å². The number of hydrogen-bond donors (Lipinski definition) is 2. The van der Waals surface area contributed by atoms with Gasteiger partial charge in [-0.1, -0.05) is 25.7 Å². The predicted molar refractivity (Wildman–Crippen MR) is 64.6 cm³/mol. The first kappa shape index (κ1) is 13.3. The van der Waals surface area contributed by atoms with Crippen LogP contribution in [0.15, 0.2) is 0 Å². The average molecular weight is 256 g/mol. The van der Waals surface area contributed by atoms with Crippen molar-refractivity contribution in [3.05, 3.63) is 10.1 Å². The van der Waals surface area contributed by atoms with Crippen LogP contribution in [0.3, 0.4) is 0 Å². The van der Waals surface area contributed by atoms with E-state index in [-0.39, 0.29) is 12.5 Å². The fourth-order valence-corrected chi connectivity index (χ4v) is 2.64. The van der Waals surface area contributed by atoms with Crippen LogP contribution in [0.1, 0.15) is 44.9 Å². The summed E-state index contributed by atoms with van der Waals surface area (Å²) in [4.78, 5) is 21.7. The summed E-state index contributed by atoms with van der Waals surface area (Å²) in [5, 5.41) is 23.5. The molecule has 0 spiro atoms. The summed E-state index contributed by atoms with van der Waals surface area (Å²) >= 11 is 0. The van der Waals surface area contributed by atoms with Crippen LogP contribution >= 0.6 is 0 Å². The minimum absolute atomic E-state index is 0.229. The Balaban J connectivity index is 1.77. The van der Waals surface area contributed by atoms with Crippen molar-refractivity contribution in [3.8, 4) is 0 Å². The molecule has 6 nitrogen and oxygen atoms in total. The van der Waals surface area contributed by atoms with E-state index in [4.69, 9.17) is 0 Å². The van der Waals surface area contributed by atoms with Gasteiger partial charge in [0.1, 0.15) is 5.92 Å². The molecule has 2 fully saturated rings. The molecule has 0 aromatic carbocycles. The van der Waals surface area contributed by atoms with E-state index >= 15 is 0 Å². The molecule has 0 aliphatic heterocycles. The van der Waals surface area contributed by atoms with Gasteiger partial charge in [-0.2, -0.15) is 0 Å². The van der Waals surface area contributed by atoms with Crippen molar-refractivity contribution in [2.24, 2.45) is 5.92 Å². The maximum Gasteiger partial charge on any atom is 0.230 e. The largest absolute Gasteiger partial charge is 0.388 e. The predicted octanol–water partition coefficient (Wildman–Crippen LogP) is 0.853. The van der Waals surface area contributed by atoms with Gasteiger partial charge in [0, 0.05) is 17.9 Å². The molecular weight excluding hydrogens is 236 g/mol. The molecule has 2 aliphatic carbocycles. The quantitative estimate of drug-likeness (QED) is 0.443. The Bertz CT molecular complexity index is 337. The molecule has 0 aromatic rings. The molecule has 6 heteroatoms. The van der Waals surface area contributed by atoms with Gasteiger partial charge in [-0.05, 0) is 12.8 Å². The minimum atomic E-state index is -0.814. The second kappa shape index (κ2) is 5.22. The highest BCUT2D eigenvalue weighted by Gasteiger charge is 2.53. The number of amides is 1. The van der Waals surface area contributed by atoms with E-state index in [1.54, 1.807) is 0 Å². The van der Waals surface area contributed by atoms with Gasteiger partial charge in [0.15, 0.2) is 0 Å². The molecule has 18 heavy (non-hydrogen) atoms. The molecule has 0 unspecified atom stereocenters. The molecule has 0 heterocycles. The summed E-state index contributed by atoms with van der Waals surface area (Å²) in [7, 11) is 0. The van der Waals surface area contributed by atoms with Crippen LogP contribution in [0.2, 0.25) is 0 Å². The number of carbonyl (C=O) groups excluding carboxylic acids is 1. The van der Waals surface area contributed by atoms with Crippen molar-refractivity contribution in [2.45, 2.75) is 56.6 Å². The number of carbonyl (C=O) groups is 1. The van der Waals surface area contributed by atoms with Crippen molar-refractivity contribution in [1.29, 1.82) is 0 Å². The molecule has 2 saturated carbocycles. The zero-order chi connectivity index (χ0) is 13.2. The number of aliphatic hydroxyl groups is 1. The molecule has 2 atom stereocenters. The Kier molecular flexibility index (Phi) is 3.85. The second-order valence-corrected chi connectivity index (χ2v) is 5.55. The van der Waals surface area contributed by atoms with Crippen molar-refractivity contribution < 1.29 is 14.8 Å². The van der Waals surface area contributed by atoms with E-state index in [9.17, 15) is 20.0 Å². The fourth-order valence-electron chi connectivity index (χ4n) is 2.64. The van der Waals surface area contributed by atoms with Gasteiger partial charge in [0.25, 0.3) is 0 Å². The highest BCUT2D eigenvalue weighted by atomic mass is 16.6. The third kappa shape index (κ3) is 3.19. The Labute approximate surface area is 106 Å². The lowest BCUT2D eigenvalue weighted by Gasteiger charge is -2.26. The van der Waals surface area contributed by atoms with Gasteiger partial charge in [-0.15, -0.1) is 0 Å². The summed E-state index contributed by atoms with van der Waals surface area (Å²) in [5.41, 5.74) is -0.814. The zero-order valence-electron chi connectivity index (χ0n) is 10.4. The van der Waals surface area contributed by atoms with Crippen molar-refractivity contribution in [3.63, 3.8) is 0 Å².